The van der Waals surface area contributed by atoms with Crippen molar-refractivity contribution >= 4 is 56.9 Å². The van der Waals surface area contributed by atoms with Crippen molar-refractivity contribution in [2.24, 2.45) is 0 Å². The molecule has 3 aromatic rings. The predicted octanol–water partition coefficient (Wildman–Crippen LogP) is 6.31. The lowest BCUT2D eigenvalue weighted by Gasteiger charge is -2.16. The standard InChI is InChI=1S/C18H14Cl2N2OS2/c19-15-8-13(16(20)25-15)17(23)22-18-21-14(9-24-18)12-6-5-10-3-1-2-4-11(10)7-12/h5-9H,1-4H2,(H,21,22,23). The van der Waals surface area contributed by atoms with Crippen LogP contribution in [-0.2, 0) is 12.8 Å². The van der Waals surface area contributed by atoms with Crippen LogP contribution in [-0.4, -0.2) is 10.9 Å². The minimum atomic E-state index is -0.292. The van der Waals surface area contributed by atoms with Crippen LogP contribution in [0, 0.1) is 0 Å². The lowest BCUT2D eigenvalue weighted by Crippen LogP contribution is -2.11. The van der Waals surface area contributed by atoms with E-state index in [-0.39, 0.29) is 5.91 Å². The Hall–Kier alpha value is -1.40. The summed E-state index contributed by atoms with van der Waals surface area (Å²) in [5.41, 5.74) is 5.21. The third-order valence-electron chi connectivity index (χ3n) is 4.27. The van der Waals surface area contributed by atoms with Crippen molar-refractivity contribution in [3.63, 3.8) is 0 Å². The van der Waals surface area contributed by atoms with Gasteiger partial charge in [0.1, 0.15) is 4.34 Å². The van der Waals surface area contributed by atoms with Crippen LogP contribution in [0.5, 0.6) is 0 Å². The van der Waals surface area contributed by atoms with E-state index < -0.39 is 0 Å². The fraction of sp³-hybridized carbons (Fsp3) is 0.222. The summed E-state index contributed by atoms with van der Waals surface area (Å²) in [6.07, 6.45) is 4.82. The maximum absolute atomic E-state index is 12.3. The first kappa shape index (κ1) is 17.0. The third kappa shape index (κ3) is 3.60. The van der Waals surface area contributed by atoms with E-state index in [2.05, 4.69) is 28.5 Å². The first-order chi connectivity index (χ1) is 12.1. The maximum Gasteiger partial charge on any atom is 0.259 e. The zero-order chi connectivity index (χ0) is 17.4. The second-order valence-corrected chi connectivity index (χ2v) is 9.06. The largest absolute Gasteiger partial charge is 0.298 e. The molecule has 3 nitrogen and oxygen atoms in total. The molecule has 0 spiro atoms. The highest BCUT2D eigenvalue weighted by Gasteiger charge is 2.16. The number of benzene rings is 1. The number of hydrogen-bond acceptors (Lipinski definition) is 4. The number of anilines is 1. The van der Waals surface area contributed by atoms with Crippen molar-refractivity contribution in [1.82, 2.24) is 4.98 Å². The molecule has 1 aromatic carbocycles. The number of hydrogen-bond donors (Lipinski definition) is 1. The molecule has 128 valence electrons. The molecule has 0 aliphatic heterocycles. The van der Waals surface area contributed by atoms with Gasteiger partial charge in [0, 0.05) is 10.9 Å². The fourth-order valence-electron chi connectivity index (χ4n) is 3.02. The molecule has 0 saturated heterocycles. The van der Waals surface area contributed by atoms with Gasteiger partial charge in [-0.1, -0.05) is 35.3 Å². The maximum atomic E-state index is 12.3. The molecule has 1 N–H and O–H groups in total. The Balaban J connectivity index is 1.54. The van der Waals surface area contributed by atoms with Gasteiger partial charge in [-0.25, -0.2) is 4.98 Å². The third-order valence-corrected chi connectivity index (χ3v) is 6.52. The van der Waals surface area contributed by atoms with E-state index in [9.17, 15) is 4.79 Å². The number of rotatable bonds is 3. The molecule has 1 aliphatic rings. The summed E-state index contributed by atoms with van der Waals surface area (Å²) in [6.45, 7) is 0. The van der Waals surface area contributed by atoms with Gasteiger partial charge in [-0.2, -0.15) is 0 Å². The zero-order valence-corrected chi connectivity index (χ0v) is 16.3. The van der Waals surface area contributed by atoms with Crippen LogP contribution in [0.4, 0.5) is 5.13 Å². The van der Waals surface area contributed by atoms with Crippen molar-refractivity contribution in [1.29, 1.82) is 0 Å². The molecule has 25 heavy (non-hydrogen) atoms. The molecule has 0 unspecified atom stereocenters. The normalized spacial score (nSPS) is 13.5. The smallest absolute Gasteiger partial charge is 0.259 e. The van der Waals surface area contributed by atoms with Crippen molar-refractivity contribution < 1.29 is 4.79 Å². The average Bonchev–Trinajstić information content (AvgIpc) is 3.20. The summed E-state index contributed by atoms with van der Waals surface area (Å²) in [6, 6.07) is 8.11. The van der Waals surface area contributed by atoms with Crippen LogP contribution in [0.25, 0.3) is 11.3 Å². The summed E-state index contributed by atoms with van der Waals surface area (Å²) < 4.78 is 0.873. The van der Waals surface area contributed by atoms with E-state index in [0.717, 1.165) is 24.1 Å². The number of aromatic nitrogens is 1. The van der Waals surface area contributed by atoms with E-state index in [1.807, 2.05) is 5.38 Å². The molecule has 1 amide bonds. The van der Waals surface area contributed by atoms with E-state index in [1.165, 1.54) is 46.6 Å². The van der Waals surface area contributed by atoms with Crippen molar-refractivity contribution in [2.45, 2.75) is 25.7 Å². The summed E-state index contributed by atoms with van der Waals surface area (Å²) in [5.74, 6) is -0.292. The molecule has 1 aliphatic carbocycles. The van der Waals surface area contributed by atoms with Crippen molar-refractivity contribution in [2.75, 3.05) is 5.32 Å². The van der Waals surface area contributed by atoms with Gasteiger partial charge in [0.25, 0.3) is 5.91 Å². The molecule has 7 heteroatoms. The van der Waals surface area contributed by atoms with Crippen molar-refractivity contribution in [3.8, 4) is 11.3 Å². The minimum absolute atomic E-state index is 0.292. The molecular formula is C18H14Cl2N2OS2. The molecule has 0 bridgehead atoms. The Kier molecular flexibility index (Phi) is 4.82. The van der Waals surface area contributed by atoms with E-state index in [4.69, 9.17) is 23.2 Å². The van der Waals surface area contributed by atoms with Crippen LogP contribution in [0.2, 0.25) is 8.67 Å². The summed E-state index contributed by atoms with van der Waals surface area (Å²) in [4.78, 5) is 16.8. The van der Waals surface area contributed by atoms with E-state index in [0.29, 0.717) is 19.4 Å². The first-order valence-electron chi connectivity index (χ1n) is 7.94. The highest BCUT2D eigenvalue weighted by molar-refractivity contribution is 7.20. The molecule has 2 aromatic heterocycles. The second-order valence-electron chi connectivity index (χ2n) is 5.92. The quantitative estimate of drug-likeness (QED) is 0.551. The number of thiophene rings is 1. The first-order valence-corrected chi connectivity index (χ1v) is 10.4. The number of halogens is 2. The Bertz CT molecular complexity index is 948. The van der Waals surface area contributed by atoms with E-state index in [1.54, 1.807) is 6.07 Å². The number of aryl methyl sites for hydroxylation is 2. The molecular weight excluding hydrogens is 395 g/mol. The number of carbonyl (C=O) groups excluding carboxylic acids is 1. The van der Waals surface area contributed by atoms with Gasteiger partial charge >= 0.3 is 0 Å². The van der Waals surface area contributed by atoms with Crippen LogP contribution < -0.4 is 5.32 Å². The van der Waals surface area contributed by atoms with Crippen LogP contribution in [0.15, 0.2) is 29.6 Å². The van der Waals surface area contributed by atoms with Crippen LogP contribution in [0.1, 0.15) is 34.3 Å². The van der Waals surface area contributed by atoms with Gasteiger partial charge in [-0.3, -0.25) is 10.1 Å². The highest BCUT2D eigenvalue weighted by atomic mass is 35.5. The van der Waals surface area contributed by atoms with E-state index >= 15 is 0 Å². The van der Waals surface area contributed by atoms with Gasteiger partial charge in [-0.05, 0) is 48.9 Å². The molecule has 0 atom stereocenters. The van der Waals surface area contributed by atoms with Gasteiger partial charge in [0.05, 0.1) is 15.6 Å². The second kappa shape index (κ2) is 7.08. The predicted molar refractivity (Wildman–Crippen MR) is 106 cm³/mol. The summed E-state index contributed by atoms with van der Waals surface area (Å²) in [7, 11) is 0. The number of amides is 1. The minimum Gasteiger partial charge on any atom is -0.298 e. The molecule has 0 saturated carbocycles. The molecule has 0 fully saturated rings. The zero-order valence-electron chi connectivity index (χ0n) is 13.1. The summed E-state index contributed by atoms with van der Waals surface area (Å²) >= 11 is 14.5. The van der Waals surface area contributed by atoms with Gasteiger partial charge in [0.15, 0.2) is 5.13 Å². The van der Waals surface area contributed by atoms with Crippen molar-refractivity contribution in [3.05, 3.63) is 55.0 Å². The number of fused-ring (bicyclic) bond motifs is 1. The Morgan fingerprint density at radius 1 is 1.12 bits per heavy atom. The number of nitrogens with one attached hydrogen (secondary N) is 1. The average molecular weight is 409 g/mol. The lowest BCUT2D eigenvalue weighted by atomic mass is 9.90. The number of nitrogens with zero attached hydrogens (tertiary/aromatic N) is 1. The lowest BCUT2D eigenvalue weighted by molar-refractivity contribution is 0.102. The summed E-state index contributed by atoms with van der Waals surface area (Å²) in [5, 5.41) is 5.31. The fourth-order valence-corrected chi connectivity index (χ4v) is 5.19. The highest BCUT2D eigenvalue weighted by Crippen LogP contribution is 2.33. The topological polar surface area (TPSA) is 42.0 Å². The van der Waals surface area contributed by atoms with Gasteiger partial charge < -0.3 is 0 Å². The van der Waals surface area contributed by atoms with Gasteiger partial charge in [0.2, 0.25) is 0 Å². The van der Waals surface area contributed by atoms with Gasteiger partial charge in [-0.15, -0.1) is 22.7 Å². The molecule has 2 heterocycles. The number of thiazole rings is 1. The molecule has 4 rings (SSSR count). The Morgan fingerprint density at radius 2 is 1.92 bits per heavy atom. The van der Waals surface area contributed by atoms with Crippen LogP contribution in [0.3, 0.4) is 0 Å². The number of carbonyl (C=O) groups is 1. The Morgan fingerprint density at radius 3 is 2.68 bits per heavy atom. The SMILES string of the molecule is O=C(Nc1nc(-c2ccc3c(c2)CCCC3)cs1)c1cc(Cl)sc1Cl. The monoisotopic (exact) mass is 408 g/mol. The van der Waals surface area contributed by atoms with Crippen LogP contribution >= 0.6 is 45.9 Å². The molecule has 0 radical (unpaired) electrons. The Labute approximate surface area is 163 Å².